The van der Waals surface area contributed by atoms with Crippen LogP contribution >= 0.6 is 12.6 Å². The topological polar surface area (TPSA) is 41.5 Å². The van der Waals surface area contributed by atoms with E-state index in [-0.39, 0.29) is 11.9 Å². The highest BCUT2D eigenvalue weighted by molar-refractivity contribution is 7.85. The Morgan fingerprint density at radius 1 is 1.18 bits per heavy atom. The summed E-state index contributed by atoms with van der Waals surface area (Å²) in [7, 11) is 0. The van der Waals surface area contributed by atoms with Crippen molar-refractivity contribution in [3.63, 3.8) is 0 Å². The zero-order valence-electron chi connectivity index (χ0n) is 14.8. The number of thiol groups is 1. The van der Waals surface area contributed by atoms with Crippen molar-refractivity contribution in [2.24, 2.45) is 4.99 Å². The molecule has 0 saturated heterocycles. The van der Waals surface area contributed by atoms with Crippen molar-refractivity contribution >= 4 is 24.8 Å². The van der Waals surface area contributed by atoms with Gasteiger partial charge < -0.3 is 5.32 Å². The smallest absolute Gasteiger partial charge is 0.259 e. The van der Waals surface area contributed by atoms with Gasteiger partial charge in [-0.3, -0.25) is 9.79 Å². The number of benzene rings is 1. The molecule has 0 aliphatic rings. The zero-order valence-corrected chi connectivity index (χ0v) is 15.7. The van der Waals surface area contributed by atoms with Crippen LogP contribution in [0.4, 0.5) is 0 Å². The Balaban J connectivity index is 0. The van der Waals surface area contributed by atoms with Gasteiger partial charge in [0.05, 0.1) is 16.6 Å². The van der Waals surface area contributed by atoms with E-state index < -0.39 is 0 Å². The number of nitrogens with one attached hydrogen (secondary N) is 1. The van der Waals surface area contributed by atoms with E-state index >= 15 is 0 Å². The minimum Gasteiger partial charge on any atom is -0.345 e. The molecule has 0 radical (unpaired) electrons. The molecule has 0 aromatic heterocycles. The zero-order chi connectivity index (χ0) is 17.5. The van der Waals surface area contributed by atoms with Gasteiger partial charge in [-0.1, -0.05) is 58.0 Å². The third kappa shape index (κ3) is 8.67. The number of nitrogens with zero attached hydrogens (tertiary/aromatic N) is 1. The predicted molar refractivity (Wildman–Crippen MR) is 102 cm³/mol. The molecule has 1 rings (SSSR count). The molecular weight excluding hydrogens is 292 g/mol. The maximum absolute atomic E-state index is 11.9. The van der Waals surface area contributed by atoms with Gasteiger partial charge in [0.2, 0.25) is 0 Å². The van der Waals surface area contributed by atoms with Crippen molar-refractivity contribution in [3.05, 3.63) is 46.5 Å². The van der Waals surface area contributed by atoms with Crippen LogP contribution in [-0.2, 0) is 4.79 Å². The molecule has 0 heterocycles. The quantitative estimate of drug-likeness (QED) is 0.448. The van der Waals surface area contributed by atoms with Gasteiger partial charge >= 0.3 is 0 Å². The number of amides is 1. The number of aliphatic imine (C=N–C) groups is 1. The van der Waals surface area contributed by atoms with Gasteiger partial charge in [-0.05, 0) is 26.3 Å². The van der Waals surface area contributed by atoms with Crippen molar-refractivity contribution in [2.75, 3.05) is 0 Å². The number of hydrogen-bond donors (Lipinski definition) is 2. The Morgan fingerprint density at radius 3 is 2.14 bits per heavy atom. The van der Waals surface area contributed by atoms with Gasteiger partial charge in [0.15, 0.2) is 0 Å². The number of hydrogen-bond acceptors (Lipinski definition) is 3. The Kier molecular flexibility index (Phi) is 14.9. The Labute approximate surface area is 141 Å². The summed E-state index contributed by atoms with van der Waals surface area (Å²) in [5.41, 5.74) is 1.67. The van der Waals surface area contributed by atoms with Crippen LogP contribution in [0.1, 0.15) is 60.1 Å². The first-order valence-corrected chi connectivity index (χ1v) is 8.25. The molecule has 1 amide bonds. The van der Waals surface area contributed by atoms with E-state index in [1.165, 1.54) is 0 Å². The minimum atomic E-state index is -0.210. The summed E-state index contributed by atoms with van der Waals surface area (Å²) in [4.78, 5) is 16.3. The van der Waals surface area contributed by atoms with Crippen LogP contribution in [0.25, 0.3) is 0 Å². The summed E-state index contributed by atoms with van der Waals surface area (Å²) in [6.07, 6.45) is 1.64. The van der Waals surface area contributed by atoms with Crippen LogP contribution in [0.3, 0.4) is 0 Å². The highest BCUT2D eigenvalue weighted by Gasteiger charge is 2.12. The first-order valence-electron chi connectivity index (χ1n) is 7.80. The first kappa shape index (κ1) is 22.7. The van der Waals surface area contributed by atoms with Crippen LogP contribution in [0.2, 0.25) is 0 Å². The van der Waals surface area contributed by atoms with E-state index in [4.69, 9.17) is 0 Å². The summed E-state index contributed by atoms with van der Waals surface area (Å²) in [5.74, 6) is -0.210. The average molecular weight is 323 g/mol. The second kappa shape index (κ2) is 14.4. The monoisotopic (exact) mass is 322 g/mol. The highest BCUT2D eigenvalue weighted by Crippen LogP contribution is 2.15. The summed E-state index contributed by atoms with van der Waals surface area (Å²) >= 11 is 4.19. The number of rotatable bonds is 4. The Hall–Kier alpha value is -1.55. The van der Waals surface area contributed by atoms with E-state index in [0.29, 0.717) is 10.6 Å². The van der Waals surface area contributed by atoms with Crippen LogP contribution in [0, 0.1) is 0 Å². The molecule has 124 valence electrons. The largest absolute Gasteiger partial charge is 0.345 e. The van der Waals surface area contributed by atoms with Gasteiger partial charge in [-0.2, -0.15) is 0 Å². The van der Waals surface area contributed by atoms with Gasteiger partial charge in [0.1, 0.15) is 0 Å². The van der Waals surface area contributed by atoms with Gasteiger partial charge in [0, 0.05) is 6.21 Å². The van der Waals surface area contributed by atoms with E-state index in [2.05, 4.69) is 22.9 Å². The molecule has 0 aliphatic carbocycles. The van der Waals surface area contributed by atoms with Crippen molar-refractivity contribution in [1.29, 1.82) is 0 Å². The lowest BCUT2D eigenvalue weighted by Crippen LogP contribution is -2.27. The Morgan fingerprint density at radius 2 is 1.68 bits per heavy atom. The fourth-order valence-electron chi connectivity index (χ4n) is 1.51. The molecule has 0 unspecified atom stereocenters. The summed E-state index contributed by atoms with van der Waals surface area (Å²) < 4.78 is 0. The fraction of sp³-hybridized carbons (Fsp3) is 0.444. The average Bonchev–Trinajstić information content (AvgIpc) is 2.58. The second-order valence-corrected chi connectivity index (χ2v) is 4.37. The van der Waals surface area contributed by atoms with Crippen molar-refractivity contribution < 1.29 is 4.79 Å². The lowest BCUT2D eigenvalue weighted by Gasteiger charge is -2.14. The van der Waals surface area contributed by atoms with Gasteiger partial charge in [-0.25, -0.2) is 0 Å². The fourth-order valence-corrected chi connectivity index (χ4v) is 1.63. The highest BCUT2D eigenvalue weighted by atomic mass is 32.1. The maximum Gasteiger partial charge on any atom is 0.259 e. The molecule has 1 aromatic rings. The molecule has 4 heteroatoms. The van der Waals surface area contributed by atoms with Crippen LogP contribution in [0.15, 0.2) is 45.9 Å². The standard InChI is InChI=1S/C14H18N2OS.2C2H6/c1-4-15-11(3)13(18)14(17)16-10(2)12-8-6-5-7-9-12;2*1-2/h4-10,18H,1-3H3,(H,16,17);2*1-2H3/b13-11-,15-4?;;/t10-;;/m0../s1. The Bertz CT molecular complexity index is 467. The summed E-state index contributed by atoms with van der Waals surface area (Å²) in [6.45, 7) is 13.5. The lowest BCUT2D eigenvalue weighted by atomic mass is 10.1. The molecule has 0 bridgehead atoms. The molecule has 1 atom stereocenters. The summed E-state index contributed by atoms with van der Waals surface area (Å²) in [5, 5.41) is 2.89. The minimum absolute atomic E-state index is 0.0562. The normalized spacial score (nSPS) is 12.2. The van der Waals surface area contributed by atoms with Crippen LogP contribution in [-0.4, -0.2) is 12.1 Å². The molecule has 0 spiro atoms. The van der Waals surface area contributed by atoms with E-state index in [1.54, 1.807) is 20.1 Å². The summed E-state index contributed by atoms with van der Waals surface area (Å²) in [6, 6.07) is 9.74. The van der Waals surface area contributed by atoms with Crippen LogP contribution in [0.5, 0.6) is 0 Å². The molecule has 1 N–H and O–H groups in total. The van der Waals surface area contributed by atoms with Crippen molar-refractivity contribution in [2.45, 2.75) is 54.5 Å². The third-order valence-electron chi connectivity index (χ3n) is 2.53. The lowest BCUT2D eigenvalue weighted by molar-refractivity contribution is -0.117. The SMILES string of the molecule is CC.CC.CC=N/C(C)=C(\S)C(=O)N[C@@H](C)c1ccccc1. The number of allylic oxidation sites excluding steroid dienone is 1. The van der Waals surface area contributed by atoms with Crippen LogP contribution < -0.4 is 5.32 Å². The van der Waals surface area contributed by atoms with E-state index in [1.807, 2.05) is 65.0 Å². The van der Waals surface area contributed by atoms with Gasteiger partial charge in [0.25, 0.3) is 5.91 Å². The number of carbonyl (C=O) groups is 1. The molecule has 3 nitrogen and oxygen atoms in total. The van der Waals surface area contributed by atoms with Crippen molar-refractivity contribution in [1.82, 2.24) is 5.32 Å². The molecular formula is C18H30N2OS. The second-order valence-electron chi connectivity index (χ2n) is 3.93. The third-order valence-corrected chi connectivity index (χ3v) is 3.05. The predicted octanol–water partition coefficient (Wildman–Crippen LogP) is 5.17. The first-order chi connectivity index (χ1) is 10.6. The molecule has 0 aliphatic heterocycles. The van der Waals surface area contributed by atoms with Crippen molar-refractivity contribution in [3.8, 4) is 0 Å². The van der Waals surface area contributed by atoms with E-state index in [0.717, 1.165) is 5.56 Å². The van der Waals surface area contributed by atoms with Gasteiger partial charge in [-0.15, -0.1) is 12.6 Å². The maximum atomic E-state index is 11.9. The number of carbonyl (C=O) groups excluding carboxylic acids is 1. The molecule has 0 saturated carbocycles. The molecule has 0 fully saturated rings. The molecule has 1 aromatic carbocycles. The molecule has 22 heavy (non-hydrogen) atoms. The van der Waals surface area contributed by atoms with E-state index in [9.17, 15) is 4.79 Å².